The lowest BCUT2D eigenvalue weighted by atomic mass is 10.2. The van der Waals surface area contributed by atoms with Gasteiger partial charge < -0.3 is 9.84 Å². The number of unbranched alkanes of at least 4 members (excludes halogenated alkanes) is 3. The van der Waals surface area contributed by atoms with Crippen LogP contribution >= 0.6 is 11.6 Å². The number of aliphatic hydroxyl groups excluding tert-OH is 1. The second-order valence-corrected chi connectivity index (χ2v) is 2.85. The summed E-state index contributed by atoms with van der Waals surface area (Å²) in [6.07, 6.45) is 4.40. The molecular weight excluding hydrogens is 164 g/mol. The van der Waals surface area contributed by atoms with Gasteiger partial charge >= 0.3 is 0 Å². The summed E-state index contributed by atoms with van der Waals surface area (Å²) in [5, 5.41) is 8.63. The largest absolute Gasteiger partial charge is 0.362 e. The molecule has 0 bridgehead atoms. The Kier molecular flexibility index (Phi) is 8.47. The van der Waals surface area contributed by atoms with Crippen molar-refractivity contribution < 1.29 is 9.84 Å². The minimum Gasteiger partial charge on any atom is -0.362 e. The van der Waals surface area contributed by atoms with Crippen LogP contribution in [0, 0.1) is 6.29 Å². The molecule has 0 rings (SSSR count). The van der Waals surface area contributed by atoms with Crippen molar-refractivity contribution >= 4 is 11.6 Å². The summed E-state index contributed by atoms with van der Waals surface area (Å²) < 4.78 is 4.86. The number of halogens is 1. The summed E-state index contributed by atoms with van der Waals surface area (Å²) in [6, 6.07) is 0. The van der Waals surface area contributed by atoms with Crippen LogP contribution in [0.1, 0.15) is 32.6 Å². The fraction of sp³-hybridized carbons (Fsp3) is 0.875. The zero-order valence-electron chi connectivity index (χ0n) is 6.98. The smallest absolute Gasteiger partial charge is 0.217 e. The highest BCUT2D eigenvalue weighted by Crippen LogP contribution is 2.03. The molecule has 0 heterocycles. The predicted octanol–water partition coefficient (Wildman–Crippen LogP) is 2.68. The monoisotopic (exact) mass is 179 g/mol. The van der Waals surface area contributed by atoms with Crippen LogP contribution in [0.15, 0.2) is 0 Å². The van der Waals surface area contributed by atoms with Crippen molar-refractivity contribution in [2.45, 2.75) is 32.6 Å². The van der Waals surface area contributed by atoms with E-state index in [1.807, 2.05) is 0 Å². The second-order valence-electron chi connectivity index (χ2n) is 2.47. The van der Waals surface area contributed by atoms with Crippen LogP contribution in [0.5, 0.6) is 0 Å². The lowest BCUT2D eigenvalue weighted by molar-refractivity contribution is 0.0133. The molecule has 0 saturated heterocycles. The maximum Gasteiger partial charge on any atom is 0.217 e. The molecule has 0 atom stereocenters. The van der Waals surface area contributed by atoms with Gasteiger partial charge in [0.05, 0.1) is 6.61 Å². The third-order valence-corrected chi connectivity index (χ3v) is 1.61. The van der Waals surface area contributed by atoms with E-state index in [1.165, 1.54) is 0 Å². The molecule has 3 heteroatoms. The summed E-state index contributed by atoms with van der Waals surface area (Å²) in [4.78, 5) is 0. The summed E-state index contributed by atoms with van der Waals surface area (Å²) >= 11 is 5.49. The van der Waals surface area contributed by atoms with Crippen LogP contribution in [-0.4, -0.2) is 17.6 Å². The maximum absolute atomic E-state index is 8.63. The first-order valence-electron chi connectivity index (χ1n) is 3.98. The lowest BCUT2D eigenvalue weighted by Crippen LogP contribution is -1.98. The first-order valence-corrected chi connectivity index (χ1v) is 4.52. The molecule has 0 unspecified atom stereocenters. The van der Waals surface area contributed by atoms with Gasteiger partial charge in [-0.05, 0) is 19.8 Å². The SMILES string of the molecule is C[C](O)OCCCCCCCl. The van der Waals surface area contributed by atoms with Gasteiger partial charge in [-0.2, -0.15) is 0 Å². The summed E-state index contributed by atoms with van der Waals surface area (Å²) in [5.41, 5.74) is 0. The summed E-state index contributed by atoms with van der Waals surface area (Å²) in [6.45, 7) is 2.16. The molecule has 11 heavy (non-hydrogen) atoms. The van der Waals surface area contributed by atoms with Gasteiger partial charge in [-0.15, -0.1) is 11.6 Å². The Balaban J connectivity index is 2.80. The van der Waals surface area contributed by atoms with Crippen molar-refractivity contribution in [3.05, 3.63) is 6.29 Å². The van der Waals surface area contributed by atoms with E-state index in [2.05, 4.69) is 0 Å². The minimum atomic E-state index is 0.0577. The molecule has 2 nitrogen and oxygen atoms in total. The predicted molar refractivity (Wildman–Crippen MR) is 46.0 cm³/mol. The average Bonchev–Trinajstić information content (AvgIpc) is 1.96. The van der Waals surface area contributed by atoms with Crippen molar-refractivity contribution in [3.63, 3.8) is 0 Å². The van der Waals surface area contributed by atoms with Crippen LogP contribution in [0.3, 0.4) is 0 Å². The van der Waals surface area contributed by atoms with Crippen LogP contribution in [0.4, 0.5) is 0 Å². The Labute approximate surface area is 73.5 Å². The van der Waals surface area contributed by atoms with Crippen molar-refractivity contribution in [1.82, 2.24) is 0 Å². The van der Waals surface area contributed by atoms with Crippen LogP contribution in [-0.2, 0) is 4.74 Å². The molecule has 0 aliphatic carbocycles. The van der Waals surface area contributed by atoms with Crippen molar-refractivity contribution in [2.24, 2.45) is 0 Å². The summed E-state index contributed by atoms with van der Waals surface area (Å²) in [5.74, 6) is 0.742. The Bertz CT molecular complexity index is 76.5. The highest BCUT2D eigenvalue weighted by molar-refractivity contribution is 6.17. The first kappa shape index (κ1) is 11.2. The average molecular weight is 180 g/mol. The molecule has 0 aromatic heterocycles. The number of aliphatic hydroxyl groups is 1. The van der Waals surface area contributed by atoms with Crippen molar-refractivity contribution in [3.8, 4) is 0 Å². The second kappa shape index (κ2) is 8.31. The van der Waals surface area contributed by atoms with Gasteiger partial charge in [-0.3, -0.25) is 0 Å². The highest BCUT2D eigenvalue weighted by Gasteiger charge is 1.95. The number of hydrogen-bond donors (Lipinski definition) is 1. The van der Waals surface area contributed by atoms with Gasteiger partial charge in [-0.1, -0.05) is 12.8 Å². The van der Waals surface area contributed by atoms with Crippen LogP contribution < -0.4 is 0 Å². The first-order chi connectivity index (χ1) is 5.27. The van der Waals surface area contributed by atoms with E-state index in [0.29, 0.717) is 6.61 Å². The Hall–Kier alpha value is 0.210. The Morgan fingerprint density at radius 2 is 1.91 bits per heavy atom. The minimum absolute atomic E-state index is 0.0577. The summed E-state index contributed by atoms with van der Waals surface area (Å²) in [7, 11) is 0. The van der Waals surface area contributed by atoms with Gasteiger partial charge in [0.15, 0.2) is 0 Å². The van der Waals surface area contributed by atoms with Gasteiger partial charge in [0.1, 0.15) is 0 Å². The van der Waals surface area contributed by atoms with E-state index in [-0.39, 0.29) is 6.29 Å². The van der Waals surface area contributed by atoms with Crippen molar-refractivity contribution in [1.29, 1.82) is 0 Å². The molecule has 0 fully saturated rings. The zero-order valence-corrected chi connectivity index (χ0v) is 7.73. The van der Waals surface area contributed by atoms with Gasteiger partial charge in [-0.25, -0.2) is 0 Å². The molecule has 0 amide bonds. The van der Waals surface area contributed by atoms with E-state index in [4.69, 9.17) is 21.4 Å². The van der Waals surface area contributed by atoms with E-state index >= 15 is 0 Å². The quantitative estimate of drug-likeness (QED) is 0.481. The molecule has 0 aromatic rings. The molecule has 0 spiro atoms. The maximum atomic E-state index is 8.63. The molecule has 0 aromatic carbocycles. The Morgan fingerprint density at radius 1 is 1.27 bits per heavy atom. The molecule has 1 N–H and O–H groups in total. The Morgan fingerprint density at radius 3 is 2.45 bits per heavy atom. The van der Waals surface area contributed by atoms with Gasteiger partial charge in [0.2, 0.25) is 6.29 Å². The fourth-order valence-electron chi connectivity index (χ4n) is 0.770. The standard InChI is InChI=1S/C8H16ClO2/c1-8(10)11-7-5-3-2-4-6-9/h10H,2-7H2,1H3. The topological polar surface area (TPSA) is 29.5 Å². The van der Waals surface area contributed by atoms with Crippen LogP contribution in [0.2, 0.25) is 0 Å². The molecule has 0 saturated carbocycles. The van der Waals surface area contributed by atoms with E-state index in [1.54, 1.807) is 6.92 Å². The number of rotatable bonds is 7. The molecule has 67 valence electrons. The lowest BCUT2D eigenvalue weighted by Gasteiger charge is -2.03. The zero-order chi connectivity index (χ0) is 8.53. The normalized spacial score (nSPS) is 10.9. The van der Waals surface area contributed by atoms with E-state index in [9.17, 15) is 0 Å². The molecular formula is C8H16ClO2. The molecule has 1 radical (unpaired) electrons. The van der Waals surface area contributed by atoms with E-state index < -0.39 is 0 Å². The molecule has 0 aliphatic heterocycles. The molecule has 0 aliphatic rings. The third kappa shape index (κ3) is 10.2. The number of ether oxygens (including phenoxy) is 1. The third-order valence-electron chi connectivity index (χ3n) is 1.34. The highest BCUT2D eigenvalue weighted by atomic mass is 35.5. The van der Waals surface area contributed by atoms with Crippen molar-refractivity contribution in [2.75, 3.05) is 12.5 Å². The fourth-order valence-corrected chi connectivity index (χ4v) is 0.959. The van der Waals surface area contributed by atoms with Crippen LogP contribution in [0.25, 0.3) is 0 Å². The number of hydrogen-bond acceptors (Lipinski definition) is 2. The van der Waals surface area contributed by atoms with E-state index in [0.717, 1.165) is 31.6 Å². The number of alkyl halides is 1. The van der Waals surface area contributed by atoms with Gasteiger partial charge in [0, 0.05) is 5.88 Å². The van der Waals surface area contributed by atoms with Gasteiger partial charge in [0.25, 0.3) is 0 Å².